The van der Waals surface area contributed by atoms with Gasteiger partial charge in [-0.1, -0.05) is 25.5 Å². The quantitative estimate of drug-likeness (QED) is 0.389. The Morgan fingerprint density at radius 3 is 1.90 bits per heavy atom. The Kier molecular flexibility index (Phi) is 11.1. The topological polar surface area (TPSA) is 83.0 Å². The summed E-state index contributed by atoms with van der Waals surface area (Å²) >= 11 is 0. The Bertz CT molecular complexity index is 608. The van der Waals surface area contributed by atoms with Crippen molar-refractivity contribution in [1.82, 2.24) is 10.6 Å². The number of aliphatic hydroxyl groups is 2. The van der Waals surface area contributed by atoms with Crippen LogP contribution in [0.3, 0.4) is 0 Å². The number of nitrogens with one attached hydrogen (secondary N) is 2. The number of aryl methyl sites for hydroxylation is 1. The van der Waals surface area contributed by atoms with E-state index in [1.807, 2.05) is 18.2 Å². The molecule has 0 spiro atoms. The average molecular weight is 425 g/mol. The van der Waals surface area contributed by atoms with Crippen molar-refractivity contribution in [2.24, 2.45) is 0 Å². The molecule has 0 amide bonds. The van der Waals surface area contributed by atoms with Crippen LogP contribution in [0.4, 0.5) is 0 Å². The lowest BCUT2D eigenvalue weighted by Crippen LogP contribution is -2.42. The third-order valence-corrected chi connectivity index (χ3v) is 4.45. The first kappa shape index (κ1) is 26.7. The second-order valence-corrected chi connectivity index (χ2v) is 10.0. The largest absolute Gasteiger partial charge is 0.487 e. The smallest absolute Gasteiger partial charge is 0.164 e. The van der Waals surface area contributed by atoms with Gasteiger partial charge in [0.2, 0.25) is 0 Å². The molecule has 1 aromatic rings. The minimum Gasteiger partial charge on any atom is -0.487 e. The minimum atomic E-state index is -0.627. The summed E-state index contributed by atoms with van der Waals surface area (Å²) < 4.78 is 11.9. The summed E-state index contributed by atoms with van der Waals surface area (Å²) in [5.41, 5.74) is 0.936. The normalized spacial score (nSPS) is 14.4. The van der Waals surface area contributed by atoms with Gasteiger partial charge in [-0.25, -0.2) is 0 Å². The zero-order valence-corrected chi connectivity index (χ0v) is 20.0. The lowest BCUT2D eigenvalue weighted by Gasteiger charge is -2.24. The molecule has 0 radical (unpaired) electrons. The summed E-state index contributed by atoms with van der Waals surface area (Å²) in [7, 11) is 0. The molecule has 0 saturated heterocycles. The highest BCUT2D eigenvalue weighted by molar-refractivity contribution is 5.46. The molecule has 0 heterocycles. The Morgan fingerprint density at radius 2 is 1.40 bits per heavy atom. The Balaban J connectivity index is 2.78. The van der Waals surface area contributed by atoms with Crippen molar-refractivity contribution in [3.05, 3.63) is 23.8 Å². The van der Waals surface area contributed by atoms with Crippen molar-refractivity contribution >= 4 is 0 Å². The van der Waals surface area contributed by atoms with E-state index < -0.39 is 12.2 Å². The van der Waals surface area contributed by atoms with Crippen LogP contribution in [-0.2, 0) is 6.42 Å². The van der Waals surface area contributed by atoms with Gasteiger partial charge in [-0.2, -0.15) is 0 Å². The van der Waals surface area contributed by atoms with Crippen LogP contribution in [0.15, 0.2) is 18.2 Å². The Hall–Kier alpha value is -1.34. The van der Waals surface area contributed by atoms with Crippen LogP contribution in [0, 0.1) is 0 Å². The molecule has 0 saturated carbocycles. The van der Waals surface area contributed by atoms with Crippen LogP contribution < -0.4 is 20.1 Å². The monoisotopic (exact) mass is 424 g/mol. The fourth-order valence-electron chi connectivity index (χ4n) is 2.73. The van der Waals surface area contributed by atoms with Gasteiger partial charge in [0.05, 0.1) is 0 Å². The highest BCUT2D eigenvalue weighted by atomic mass is 16.5. The first-order valence-electron chi connectivity index (χ1n) is 11.1. The lowest BCUT2D eigenvalue weighted by atomic mass is 10.1. The number of para-hydroxylation sites is 1. The standard InChI is InChI=1S/C24H44N2O4/c1-8-9-11-18-12-10-13-21(29-16-19(27)14-25-23(2,3)4)22(18)30-17-20(28)15-26-24(5,6)7/h10,12-13,19-20,25-28H,8-9,11,14-17H2,1-7H3. The third kappa shape index (κ3) is 11.7. The molecule has 1 aromatic carbocycles. The van der Waals surface area contributed by atoms with Crippen molar-refractivity contribution in [1.29, 1.82) is 0 Å². The summed E-state index contributed by atoms with van der Waals surface area (Å²) in [5.74, 6) is 1.27. The number of β-amino-alcohol motifs (C(OH)–C–C–N with tert-alkyl or cyclic N) is 2. The van der Waals surface area contributed by atoms with Gasteiger partial charge in [-0.3, -0.25) is 0 Å². The third-order valence-electron chi connectivity index (χ3n) is 4.45. The Morgan fingerprint density at radius 1 is 0.867 bits per heavy atom. The number of unbranched alkanes of at least 4 members (excludes halogenated alkanes) is 1. The molecule has 174 valence electrons. The molecule has 6 nitrogen and oxygen atoms in total. The van der Waals surface area contributed by atoms with Gasteiger partial charge in [-0.15, -0.1) is 0 Å². The van der Waals surface area contributed by atoms with Gasteiger partial charge >= 0.3 is 0 Å². The maximum absolute atomic E-state index is 10.3. The molecule has 30 heavy (non-hydrogen) atoms. The van der Waals surface area contributed by atoms with Crippen molar-refractivity contribution in [2.45, 2.75) is 91.0 Å². The second-order valence-electron chi connectivity index (χ2n) is 10.0. The number of hydrogen-bond acceptors (Lipinski definition) is 6. The highest BCUT2D eigenvalue weighted by Gasteiger charge is 2.18. The summed E-state index contributed by atoms with van der Waals surface area (Å²) in [4.78, 5) is 0. The first-order valence-corrected chi connectivity index (χ1v) is 11.1. The number of rotatable bonds is 13. The van der Waals surface area contributed by atoms with E-state index in [1.165, 1.54) is 0 Å². The number of hydrogen-bond donors (Lipinski definition) is 4. The van der Waals surface area contributed by atoms with Gasteiger partial charge in [0, 0.05) is 24.2 Å². The van der Waals surface area contributed by atoms with Crippen molar-refractivity contribution < 1.29 is 19.7 Å². The molecule has 6 heteroatoms. The van der Waals surface area contributed by atoms with Crippen molar-refractivity contribution in [2.75, 3.05) is 26.3 Å². The maximum atomic E-state index is 10.3. The fraction of sp³-hybridized carbons (Fsp3) is 0.750. The van der Waals surface area contributed by atoms with Crippen molar-refractivity contribution in [3.63, 3.8) is 0 Å². The SMILES string of the molecule is CCCCc1cccc(OCC(O)CNC(C)(C)C)c1OCC(O)CNC(C)(C)C. The number of ether oxygens (including phenoxy) is 2. The van der Waals surface area contributed by atoms with Crippen LogP contribution in [0.25, 0.3) is 0 Å². The lowest BCUT2D eigenvalue weighted by molar-refractivity contribution is 0.0867. The summed E-state index contributed by atoms with van der Waals surface area (Å²) in [6.07, 6.45) is 1.76. The van der Waals surface area contributed by atoms with Crippen LogP contribution >= 0.6 is 0 Å². The van der Waals surface area contributed by atoms with E-state index >= 15 is 0 Å². The highest BCUT2D eigenvalue weighted by Crippen LogP contribution is 2.32. The maximum Gasteiger partial charge on any atom is 0.164 e. The zero-order valence-electron chi connectivity index (χ0n) is 20.0. The van der Waals surface area contributed by atoms with Crippen LogP contribution in [0.2, 0.25) is 0 Å². The summed E-state index contributed by atoms with van der Waals surface area (Å²) in [6, 6.07) is 5.84. The molecule has 0 aliphatic rings. The molecular formula is C24H44N2O4. The zero-order chi connectivity index (χ0) is 22.8. The molecule has 0 aromatic heterocycles. The molecule has 0 aliphatic carbocycles. The summed E-state index contributed by atoms with van der Waals surface area (Å²) in [6.45, 7) is 15.8. The van der Waals surface area contributed by atoms with Gasteiger partial charge < -0.3 is 30.3 Å². The van der Waals surface area contributed by atoms with Gasteiger partial charge in [0.15, 0.2) is 11.5 Å². The predicted octanol–water partition coefficient (Wildman–Crippen LogP) is 3.28. The minimum absolute atomic E-state index is 0.0629. The van der Waals surface area contributed by atoms with Crippen LogP contribution in [0.1, 0.15) is 66.9 Å². The van der Waals surface area contributed by atoms with Gasteiger partial charge in [0.25, 0.3) is 0 Å². The molecule has 2 unspecified atom stereocenters. The number of benzene rings is 1. The summed E-state index contributed by atoms with van der Waals surface area (Å²) in [5, 5.41) is 27.1. The molecule has 4 N–H and O–H groups in total. The van der Waals surface area contributed by atoms with E-state index in [2.05, 4.69) is 59.1 Å². The van der Waals surface area contributed by atoms with Gasteiger partial charge in [-0.05, 0) is 66.0 Å². The first-order chi connectivity index (χ1) is 13.9. The molecule has 1 rings (SSSR count). The molecule has 0 aliphatic heterocycles. The van der Waals surface area contributed by atoms with E-state index in [9.17, 15) is 10.2 Å². The molecular weight excluding hydrogens is 380 g/mol. The average Bonchev–Trinajstić information content (AvgIpc) is 2.65. The van der Waals surface area contributed by atoms with E-state index in [1.54, 1.807) is 0 Å². The predicted molar refractivity (Wildman–Crippen MR) is 124 cm³/mol. The van der Waals surface area contributed by atoms with Crippen LogP contribution in [-0.4, -0.2) is 59.8 Å². The van der Waals surface area contributed by atoms with E-state index in [4.69, 9.17) is 9.47 Å². The Labute approximate surface area is 183 Å². The fourth-order valence-corrected chi connectivity index (χ4v) is 2.73. The van der Waals surface area contributed by atoms with E-state index in [0.29, 0.717) is 24.6 Å². The number of aliphatic hydroxyl groups excluding tert-OH is 2. The van der Waals surface area contributed by atoms with Crippen molar-refractivity contribution in [3.8, 4) is 11.5 Å². The second kappa shape index (κ2) is 12.5. The molecule has 0 bridgehead atoms. The van der Waals surface area contributed by atoms with E-state index in [0.717, 1.165) is 24.8 Å². The molecule has 0 fully saturated rings. The van der Waals surface area contributed by atoms with Crippen LogP contribution in [0.5, 0.6) is 11.5 Å². The van der Waals surface area contributed by atoms with Gasteiger partial charge in [0.1, 0.15) is 25.4 Å². The molecule has 2 atom stereocenters. The van der Waals surface area contributed by atoms with E-state index in [-0.39, 0.29) is 24.3 Å².